The molecule has 122 valence electrons. The minimum absolute atomic E-state index is 0.0359. The van der Waals surface area contributed by atoms with Crippen molar-refractivity contribution in [2.75, 3.05) is 18.5 Å². The Morgan fingerprint density at radius 2 is 2.09 bits per heavy atom. The van der Waals surface area contributed by atoms with E-state index >= 15 is 0 Å². The second-order valence-corrected chi connectivity index (χ2v) is 6.32. The molecule has 2 aromatic rings. The zero-order valence-electron chi connectivity index (χ0n) is 12.1. The Balaban J connectivity index is 2.46. The van der Waals surface area contributed by atoms with E-state index in [1.54, 1.807) is 0 Å². The summed E-state index contributed by atoms with van der Waals surface area (Å²) in [4.78, 5) is 22.7. The summed E-state index contributed by atoms with van der Waals surface area (Å²) < 4.78 is 5.58. The zero-order chi connectivity index (χ0) is 17.0. The SMILES string of the molecule is CCNc1cccc(-c2sc(C(=O)O)c(OCC(=O)O)c2Br)c1. The number of hydrogen-bond acceptors (Lipinski definition) is 5. The van der Waals surface area contributed by atoms with Gasteiger partial charge in [-0.25, -0.2) is 9.59 Å². The van der Waals surface area contributed by atoms with Crippen molar-refractivity contribution in [3.05, 3.63) is 33.6 Å². The summed E-state index contributed by atoms with van der Waals surface area (Å²) in [5.74, 6) is -2.30. The summed E-state index contributed by atoms with van der Waals surface area (Å²) in [6.07, 6.45) is 0. The summed E-state index contributed by atoms with van der Waals surface area (Å²) in [5.41, 5.74) is 1.73. The Morgan fingerprint density at radius 1 is 1.35 bits per heavy atom. The van der Waals surface area contributed by atoms with Crippen LogP contribution in [0.25, 0.3) is 10.4 Å². The molecule has 0 unspecified atom stereocenters. The van der Waals surface area contributed by atoms with Gasteiger partial charge in [-0.3, -0.25) is 0 Å². The number of halogens is 1. The highest BCUT2D eigenvalue weighted by atomic mass is 79.9. The molecule has 0 fully saturated rings. The Labute approximate surface area is 144 Å². The number of rotatable bonds is 7. The average Bonchev–Trinajstić information content (AvgIpc) is 2.83. The fraction of sp³-hybridized carbons (Fsp3) is 0.200. The first-order valence-corrected chi connectivity index (χ1v) is 8.29. The second-order valence-electron chi connectivity index (χ2n) is 4.50. The lowest BCUT2D eigenvalue weighted by atomic mass is 10.1. The van der Waals surface area contributed by atoms with Gasteiger partial charge in [0, 0.05) is 12.2 Å². The lowest BCUT2D eigenvalue weighted by molar-refractivity contribution is -0.139. The van der Waals surface area contributed by atoms with Crippen LogP contribution >= 0.6 is 27.3 Å². The van der Waals surface area contributed by atoms with Gasteiger partial charge >= 0.3 is 11.9 Å². The molecule has 0 aliphatic carbocycles. The first kappa shape index (κ1) is 17.3. The minimum Gasteiger partial charge on any atom is -0.479 e. The molecule has 0 saturated heterocycles. The number of hydrogen-bond donors (Lipinski definition) is 3. The van der Waals surface area contributed by atoms with Crippen LogP contribution in [0, 0.1) is 0 Å². The van der Waals surface area contributed by atoms with E-state index in [-0.39, 0.29) is 10.6 Å². The third-order valence-corrected chi connectivity index (χ3v) is 5.08. The van der Waals surface area contributed by atoms with Crippen LogP contribution < -0.4 is 10.1 Å². The van der Waals surface area contributed by atoms with E-state index in [2.05, 4.69) is 21.2 Å². The molecule has 0 saturated carbocycles. The lowest BCUT2D eigenvalue weighted by Gasteiger charge is -2.06. The van der Waals surface area contributed by atoms with Crippen molar-refractivity contribution >= 4 is 44.9 Å². The van der Waals surface area contributed by atoms with Gasteiger partial charge in [-0.1, -0.05) is 12.1 Å². The number of benzene rings is 1. The van der Waals surface area contributed by atoms with Gasteiger partial charge in [-0.15, -0.1) is 11.3 Å². The molecule has 3 N–H and O–H groups in total. The number of carboxylic acids is 2. The Hall–Kier alpha value is -2.06. The smallest absolute Gasteiger partial charge is 0.349 e. The fourth-order valence-electron chi connectivity index (χ4n) is 1.96. The van der Waals surface area contributed by atoms with Crippen LogP contribution in [0.15, 0.2) is 28.7 Å². The molecule has 2 rings (SSSR count). The van der Waals surface area contributed by atoms with Crippen LogP contribution in [0.1, 0.15) is 16.6 Å². The van der Waals surface area contributed by atoms with E-state index < -0.39 is 18.5 Å². The maximum Gasteiger partial charge on any atom is 0.349 e. The molecule has 1 aromatic carbocycles. The number of aromatic carboxylic acids is 1. The summed E-state index contributed by atoms with van der Waals surface area (Å²) in [6.45, 7) is 2.14. The van der Waals surface area contributed by atoms with Gasteiger partial charge in [-0.2, -0.15) is 0 Å². The maximum atomic E-state index is 11.4. The minimum atomic E-state index is -1.17. The molecule has 0 bridgehead atoms. The topological polar surface area (TPSA) is 95.9 Å². The van der Waals surface area contributed by atoms with Crippen molar-refractivity contribution in [1.82, 2.24) is 0 Å². The van der Waals surface area contributed by atoms with Gasteiger partial charge in [0.15, 0.2) is 17.2 Å². The Bertz CT molecular complexity index is 743. The number of thiophene rings is 1. The number of nitrogens with one attached hydrogen (secondary N) is 1. The van der Waals surface area contributed by atoms with E-state index in [1.807, 2.05) is 31.2 Å². The van der Waals surface area contributed by atoms with E-state index in [4.69, 9.17) is 9.84 Å². The summed E-state index contributed by atoms with van der Waals surface area (Å²) in [7, 11) is 0. The molecule has 0 aliphatic heterocycles. The average molecular weight is 400 g/mol. The van der Waals surface area contributed by atoms with Crippen molar-refractivity contribution in [1.29, 1.82) is 0 Å². The Morgan fingerprint density at radius 3 is 2.70 bits per heavy atom. The van der Waals surface area contributed by atoms with Crippen LogP contribution in [-0.2, 0) is 4.79 Å². The summed E-state index contributed by atoms with van der Waals surface area (Å²) >= 11 is 4.36. The monoisotopic (exact) mass is 399 g/mol. The number of aliphatic carboxylic acids is 1. The van der Waals surface area contributed by atoms with Crippen molar-refractivity contribution < 1.29 is 24.5 Å². The fourth-order valence-corrected chi connectivity index (χ4v) is 3.85. The van der Waals surface area contributed by atoms with Crippen molar-refractivity contribution in [2.24, 2.45) is 0 Å². The highest BCUT2D eigenvalue weighted by molar-refractivity contribution is 9.10. The van der Waals surface area contributed by atoms with Crippen LogP contribution in [0.5, 0.6) is 5.75 Å². The first-order chi connectivity index (χ1) is 10.9. The molecule has 1 aromatic heterocycles. The van der Waals surface area contributed by atoms with Gasteiger partial charge in [0.05, 0.1) is 9.35 Å². The number of ether oxygens (including phenoxy) is 1. The van der Waals surface area contributed by atoms with Gasteiger partial charge in [0.1, 0.15) is 0 Å². The van der Waals surface area contributed by atoms with E-state index in [9.17, 15) is 14.7 Å². The van der Waals surface area contributed by atoms with Crippen molar-refractivity contribution in [2.45, 2.75) is 6.92 Å². The number of carboxylic acid groups (broad SMARTS) is 2. The number of anilines is 1. The molecule has 8 heteroatoms. The predicted octanol–water partition coefficient (Wildman–Crippen LogP) is 3.77. The third-order valence-electron chi connectivity index (χ3n) is 2.85. The maximum absolute atomic E-state index is 11.4. The molecule has 23 heavy (non-hydrogen) atoms. The van der Waals surface area contributed by atoms with Crippen LogP contribution in [0.4, 0.5) is 5.69 Å². The van der Waals surface area contributed by atoms with Crippen LogP contribution in [0.3, 0.4) is 0 Å². The highest BCUT2D eigenvalue weighted by Gasteiger charge is 2.24. The molecular formula is C15H14BrNO5S. The van der Waals surface area contributed by atoms with Crippen LogP contribution in [0.2, 0.25) is 0 Å². The molecule has 0 amide bonds. The molecule has 6 nitrogen and oxygen atoms in total. The summed E-state index contributed by atoms with van der Waals surface area (Å²) in [5, 5.41) is 21.2. The van der Waals surface area contributed by atoms with Gasteiger partial charge < -0.3 is 20.3 Å². The van der Waals surface area contributed by atoms with Crippen molar-refractivity contribution in [3.63, 3.8) is 0 Å². The summed E-state index contributed by atoms with van der Waals surface area (Å²) in [6, 6.07) is 7.52. The van der Waals surface area contributed by atoms with Gasteiger partial charge in [0.25, 0.3) is 0 Å². The van der Waals surface area contributed by atoms with Gasteiger partial charge in [0.2, 0.25) is 0 Å². The molecule has 0 spiro atoms. The van der Waals surface area contributed by atoms with E-state index in [1.165, 1.54) is 0 Å². The van der Waals surface area contributed by atoms with E-state index in [0.29, 0.717) is 9.35 Å². The zero-order valence-corrected chi connectivity index (χ0v) is 14.5. The number of carbonyl (C=O) groups is 2. The first-order valence-electron chi connectivity index (χ1n) is 6.68. The van der Waals surface area contributed by atoms with Crippen LogP contribution in [-0.4, -0.2) is 35.3 Å². The normalized spacial score (nSPS) is 10.3. The van der Waals surface area contributed by atoms with Gasteiger partial charge in [-0.05, 0) is 40.5 Å². The quantitative estimate of drug-likeness (QED) is 0.655. The highest BCUT2D eigenvalue weighted by Crippen LogP contribution is 2.46. The lowest BCUT2D eigenvalue weighted by Crippen LogP contribution is -2.11. The predicted molar refractivity (Wildman–Crippen MR) is 91.7 cm³/mol. The molecule has 0 atom stereocenters. The van der Waals surface area contributed by atoms with Crippen molar-refractivity contribution in [3.8, 4) is 16.2 Å². The second kappa shape index (κ2) is 7.47. The molecule has 0 aliphatic rings. The third kappa shape index (κ3) is 4.02. The standard InChI is InChI=1S/C15H14BrNO5S/c1-2-17-9-5-3-4-8(6-9)13-11(16)12(22-7-10(18)19)14(23-13)15(20)21/h3-6,17H,2,7H2,1H3,(H,18,19)(H,20,21). The molecule has 1 heterocycles. The molecule has 0 radical (unpaired) electrons. The van der Waals surface area contributed by atoms with E-state index in [0.717, 1.165) is 29.1 Å². The largest absolute Gasteiger partial charge is 0.479 e. The Kier molecular flexibility index (Phi) is 5.62. The molecular weight excluding hydrogens is 386 g/mol.